The van der Waals surface area contributed by atoms with Crippen LogP contribution in [0.3, 0.4) is 0 Å². The van der Waals surface area contributed by atoms with Gasteiger partial charge in [-0.1, -0.05) is 30.3 Å². The molecule has 1 fully saturated rings. The van der Waals surface area contributed by atoms with E-state index < -0.39 is 0 Å². The summed E-state index contributed by atoms with van der Waals surface area (Å²) in [4.78, 5) is 29.6. The molecular formula is C23H25N5OS. The summed E-state index contributed by atoms with van der Waals surface area (Å²) in [7, 11) is 0. The molecule has 1 saturated heterocycles. The minimum absolute atomic E-state index is 0.0184. The molecule has 1 aromatic carbocycles. The van der Waals surface area contributed by atoms with E-state index in [1.165, 1.54) is 0 Å². The maximum Gasteiger partial charge on any atom is 0.247 e. The summed E-state index contributed by atoms with van der Waals surface area (Å²) in [6.07, 6.45) is 8.36. The van der Waals surface area contributed by atoms with Crippen molar-refractivity contribution in [1.29, 1.82) is 0 Å². The average molecular weight is 420 g/mol. The van der Waals surface area contributed by atoms with Crippen molar-refractivity contribution >= 4 is 34.3 Å². The number of carbonyl (C=O) groups is 1. The van der Waals surface area contributed by atoms with Gasteiger partial charge in [-0.15, -0.1) is 11.3 Å². The van der Waals surface area contributed by atoms with Gasteiger partial charge in [-0.2, -0.15) is 0 Å². The number of likely N-dealkylation sites (tertiary alicyclic amines) is 1. The van der Waals surface area contributed by atoms with E-state index in [2.05, 4.69) is 20.3 Å². The summed E-state index contributed by atoms with van der Waals surface area (Å²) >= 11 is 1.58. The Morgan fingerprint density at radius 3 is 2.80 bits per heavy atom. The van der Waals surface area contributed by atoms with Crippen LogP contribution >= 0.6 is 11.3 Å². The lowest BCUT2D eigenvalue weighted by Crippen LogP contribution is -2.38. The molecule has 30 heavy (non-hydrogen) atoms. The Bertz CT molecular complexity index is 1050. The molecule has 7 heteroatoms. The first-order valence-electron chi connectivity index (χ1n) is 10.2. The summed E-state index contributed by atoms with van der Waals surface area (Å²) in [5.74, 6) is 1.41. The monoisotopic (exact) mass is 419 g/mol. The third-order valence-electron chi connectivity index (χ3n) is 5.06. The fourth-order valence-electron chi connectivity index (χ4n) is 3.68. The van der Waals surface area contributed by atoms with Gasteiger partial charge in [-0.3, -0.25) is 4.79 Å². The molecule has 1 aliphatic rings. The Morgan fingerprint density at radius 2 is 2.03 bits per heavy atom. The van der Waals surface area contributed by atoms with E-state index in [-0.39, 0.29) is 11.9 Å². The Kier molecular flexibility index (Phi) is 6.18. The highest BCUT2D eigenvalue weighted by Crippen LogP contribution is 2.32. The zero-order valence-corrected chi connectivity index (χ0v) is 18.0. The molecule has 1 unspecified atom stereocenters. The second-order valence-electron chi connectivity index (χ2n) is 7.41. The predicted octanol–water partition coefficient (Wildman–Crippen LogP) is 5.06. The van der Waals surface area contributed by atoms with Gasteiger partial charge in [0.15, 0.2) is 5.13 Å². The fourth-order valence-corrected chi connectivity index (χ4v) is 4.35. The van der Waals surface area contributed by atoms with Crippen molar-refractivity contribution in [2.45, 2.75) is 39.2 Å². The van der Waals surface area contributed by atoms with Crippen molar-refractivity contribution in [2.75, 3.05) is 11.9 Å². The van der Waals surface area contributed by atoms with E-state index in [4.69, 9.17) is 0 Å². The van der Waals surface area contributed by atoms with Crippen molar-refractivity contribution in [3.63, 3.8) is 0 Å². The lowest BCUT2D eigenvalue weighted by molar-refractivity contribution is -0.129. The van der Waals surface area contributed by atoms with Gasteiger partial charge in [0.05, 0.1) is 11.7 Å². The van der Waals surface area contributed by atoms with Gasteiger partial charge in [-0.05, 0) is 44.7 Å². The maximum atomic E-state index is 13.0. The maximum absolute atomic E-state index is 13.0. The van der Waals surface area contributed by atoms with E-state index in [1.54, 1.807) is 17.4 Å². The van der Waals surface area contributed by atoms with E-state index in [0.29, 0.717) is 11.6 Å². The van der Waals surface area contributed by atoms with Gasteiger partial charge in [0.1, 0.15) is 11.6 Å². The second kappa shape index (κ2) is 9.17. The molecule has 1 N–H and O–H groups in total. The van der Waals surface area contributed by atoms with Crippen LogP contribution in [-0.2, 0) is 4.79 Å². The normalized spacial score (nSPS) is 16.7. The Hall–Kier alpha value is -3.06. The van der Waals surface area contributed by atoms with Crippen LogP contribution < -0.4 is 5.32 Å². The number of aryl methyl sites for hydroxylation is 2. The number of nitrogens with zero attached hydrogens (tertiary/aromatic N) is 4. The number of anilines is 2. The van der Waals surface area contributed by atoms with Gasteiger partial charge in [-0.25, -0.2) is 15.0 Å². The number of hydrogen-bond donors (Lipinski definition) is 1. The van der Waals surface area contributed by atoms with E-state index in [9.17, 15) is 4.79 Å². The SMILES string of the molecule is Cc1nc(Nc2ncc(C)s2)cc(C2CCCCN2C(=O)/C=C/c2ccccc2)n1. The molecule has 0 aliphatic carbocycles. The Morgan fingerprint density at radius 1 is 1.20 bits per heavy atom. The molecule has 0 radical (unpaired) electrons. The van der Waals surface area contributed by atoms with E-state index in [0.717, 1.165) is 47.1 Å². The molecule has 3 aromatic rings. The van der Waals surface area contributed by atoms with Crippen molar-refractivity contribution in [2.24, 2.45) is 0 Å². The number of piperidine rings is 1. The van der Waals surface area contributed by atoms with Crippen LogP contribution in [0.5, 0.6) is 0 Å². The van der Waals surface area contributed by atoms with Crippen LogP contribution in [-0.4, -0.2) is 32.3 Å². The lowest BCUT2D eigenvalue weighted by atomic mass is 9.98. The molecule has 4 rings (SSSR count). The predicted molar refractivity (Wildman–Crippen MR) is 121 cm³/mol. The molecule has 1 aliphatic heterocycles. The van der Waals surface area contributed by atoms with Crippen molar-refractivity contribution in [1.82, 2.24) is 19.9 Å². The van der Waals surface area contributed by atoms with Gasteiger partial charge < -0.3 is 10.2 Å². The van der Waals surface area contributed by atoms with Crippen LogP contribution in [0, 0.1) is 13.8 Å². The molecular weight excluding hydrogens is 394 g/mol. The first-order valence-corrected chi connectivity index (χ1v) is 11.0. The minimum Gasteiger partial charge on any atom is -0.331 e. The third kappa shape index (κ3) is 4.91. The summed E-state index contributed by atoms with van der Waals surface area (Å²) in [6.45, 7) is 4.64. The number of hydrogen-bond acceptors (Lipinski definition) is 6. The fraction of sp³-hybridized carbons (Fsp3) is 0.304. The number of thiazole rings is 1. The highest BCUT2D eigenvalue weighted by Gasteiger charge is 2.28. The molecule has 6 nitrogen and oxygen atoms in total. The molecule has 1 amide bonds. The number of amides is 1. The molecule has 0 saturated carbocycles. The minimum atomic E-state index is -0.0491. The number of aromatic nitrogens is 3. The number of rotatable bonds is 5. The standard InChI is InChI=1S/C23H25N5OS/c1-16-15-24-23(30-16)27-21-14-19(25-17(2)26-21)20-10-6-7-13-28(20)22(29)12-11-18-8-4-3-5-9-18/h3-5,8-9,11-12,14-15,20H,6-7,10,13H2,1-2H3,(H,24,25,26,27)/b12-11+. The largest absolute Gasteiger partial charge is 0.331 e. The quantitative estimate of drug-likeness (QED) is 0.585. The zero-order chi connectivity index (χ0) is 20.9. The molecule has 154 valence electrons. The summed E-state index contributed by atoms with van der Waals surface area (Å²) in [5, 5.41) is 4.08. The first kappa shape index (κ1) is 20.2. The summed E-state index contributed by atoms with van der Waals surface area (Å²) < 4.78 is 0. The first-order chi connectivity index (χ1) is 14.6. The van der Waals surface area contributed by atoms with Gasteiger partial charge in [0.2, 0.25) is 5.91 Å². The highest BCUT2D eigenvalue weighted by molar-refractivity contribution is 7.15. The van der Waals surface area contributed by atoms with Crippen LogP contribution in [0.2, 0.25) is 0 Å². The molecule has 0 spiro atoms. The number of nitrogens with one attached hydrogen (secondary N) is 1. The van der Waals surface area contributed by atoms with Crippen LogP contribution in [0.15, 0.2) is 48.7 Å². The average Bonchev–Trinajstić information content (AvgIpc) is 3.16. The lowest BCUT2D eigenvalue weighted by Gasteiger charge is -2.35. The molecule has 2 aromatic heterocycles. The van der Waals surface area contributed by atoms with Gasteiger partial charge >= 0.3 is 0 Å². The second-order valence-corrected chi connectivity index (χ2v) is 8.65. The van der Waals surface area contributed by atoms with Crippen LogP contribution in [0.1, 0.15) is 47.3 Å². The van der Waals surface area contributed by atoms with Gasteiger partial charge in [0, 0.05) is 29.8 Å². The molecule has 1 atom stereocenters. The van der Waals surface area contributed by atoms with E-state index >= 15 is 0 Å². The van der Waals surface area contributed by atoms with Crippen LogP contribution in [0.25, 0.3) is 6.08 Å². The zero-order valence-electron chi connectivity index (χ0n) is 17.2. The summed E-state index contributed by atoms with van der Waals surface area (Å²) in [6, 6.07) is 11.8. The van der Waals surface area contributed by atoms with Gasteiger partial charge in [0.25, 0.3) is 0 Å². The topological polar surface area (TPSA) is 71.0 Å². The smallest absolute Gasteiger partial charge is 0.247 e. The highest BCUT2D eigenvalue weighted by atomic mass is 32.1. The molecule has 0 bridgehead atoms. The van der Waals surface area contributed by atoms with Crippen molar-refractivity contribution in [3.8, 4) is 0 Å². The molecule has 3 heterocycles. The summed E-state index contributed by atoms with van der Waals surface area (Å²) in [5.41, 5.74) is 1.89. The van der Waals surface area contributed by atoms with E-state index in [1.807, 2.05) is 67.4 Å². The third-order valence-corrected chi connectivity index (χ3v) is 5.89. The van der Waals surface area contributed by atoms with Crippen LogP contribution in [0.4, 0.5) is 10.9 Å². The van der Waals surface area contributed by atoms with Crippen molar-refractivity contribution in [3.05, 3.63) is 70.6 Å². The number of benzene rings is 1. The van der Waals surface area contributed by atoms with Crippen molar-refractivity contribution < 1.29 is 4.79 Å². The Labute approximate surface area is 180 Å². The number of carbonyl (C=O) groups excluding carboxylic acids is 1. The Balaban J connectivity index is 1.56.